The Labute approximate surface area is 185 Å². The third kappa shape index (κ3) is 5.14. The summed E-state index contributed by atoms with van der Waals surface area (Å²) in [5.74, 6) is 0.816. The lowest BCUT2D eigenvalue weighted by Gasteiger charge is -2.10. The second-order valence-electron chi connectivity index (χ2n) is 6.46. The van der Waals surface area contributed by atoms with Crippen LogP contribution in [0.25, 0.3) is 6.08 Å². The third-order valence-electron chi connectivity index (χ3n) is 4.42. The normalized spacial score (nSPS) is 11.0. The molecule has 3 rings (SSSR count). The smallest absolute Gasteiger partial charge is 0.248 e. The van der Waals surface area contributed by atoms with Crippen molar-refractivity contribution >= 4 is 40.9 Å². The Morgan fingerprint density at radius 2 is 1.87 bits per heavy atom. The number of benzene rings is 2. The molecule has 0 saturated carbocycles. The molecule has 1 amide bonds. The number of anilines is 1. The van der Waals surface area contributed by atoms with E-state index in [1.807, 2.05) is 31.2 Å². The lowest BCUT2D eigenvalue weighted by atomic mass is 10.2. The van der Waals surface area contributed by atoms with Crippen LogP contribution >= 0.6 is 23.2 Å². The van der Waals surface area contributed by atoms with Gasteiger partial charge in [0.05, 0.1) is 32.1 Å². The van der Waals surface area contributed by atoms with Gasteiger partial charge in [0.1, 0.15) is 16.7 Å². The van der Waals surface area contributed by atoms with Crippen molar-refractivity contribution in [2.45, 2.75) is 13.5 Å². The van der Waals surface area contributed by atoms with Crippen LogP contribution in [0.1, 0.15) is 16.8 Å². The second kappa shape index (κ2) is 9.69. The summed E-state index contributed by atoms with van der Waals surface area (Å²) in [6, 6.07) is 12.6. The average Bonchev–Trinajstić information content (AvgIpc) is 3.01. The van der Waals surface area contributed by atoms with Crippen LogP contribution in [-0.4, -0.2) is 29.9 Å². The quantitative estimate of drug-likeness (QED) is 0.506. The minimum absolute atomic E-state index is 0.320. The van der Waals surface area contributed by atoms with Gasteiger partial charge in [0.15, 0.2) is 0 Å². The van der Waals surface area contributed by atoms with Crippen molar-refractivity contribution in [3.05, 3.63) is 75.5 Å². The third-order valence-corrected chi connectivity index (χ3v) is 5.07. The zero-order chi connectivity index (χ0) is 21.7. The van der Waals surface area contributed by atoms with Gasteiger partial charge in [0.2, 0.25) is 5.91 Å². The van der Waals surface area contributed by atoms with E-state index in [0.29, 0.717) is 39.5 Å². The molecule has 0 spiro atoms. The van der Waals surface area contributed by atoms with Crippen LogP contribution < -0.4 is 14.8 Å². The van der Waals surface area contributed by atoms with Crippen LogP contribution in [0.15, 0.2) is 48.5 Å². The number of methoxy groups -OCH3 is 2. The number of carbonyl (C=O) groups excluding carboxylic acids is 1. The molecule has 3 aromatic rings. The molecule has 0 saturated heterocycles. The standard InChI is InChI=1S/C22H21Cl2N3O3/c1-14-18(22(24)27(26-14)13-15-4-6-16(23)7-5-15)9-11-21(28)25-19-10-8-17(29-2)12-20(19)30-3/h4-12H,13H2,1-3H3,(H,25,28)/b11-9+. The Morgan fingerprint density at radius 3 is 2.53 bits per heavy atom. The molecule has 30 heavy (non-hydrogen) atoms. The van der Waals surface area contributed by atoms with Crippen LogP contribution in [0.5, 0.6) is 11.5 Å². The summed E-state index contributed by atoms with van der Waals surface area (Å²) in [7, 11) is 3.09. The number of aromatic nitrogens is 2. The van der Waals surface area contributed by atoms with E-state index in [1.54, 1.807) is 36.1 Å². The van der Waals surface area contributed by atoms with Crippen LogP contribution in [0, 0.1) is 6.92 Å². The molecule has 1 N–H and O–H groups in total. The molecule has 0 aliphatic carbocycles. The fraction of sp³-hybridized carbons (Fsp3) is 0.182. The van der Waals surface area contributed by atoms with E-state index in [1.165, 1.54) is 13.2 Å². The summed E-state index contributed by atoms with van der Waals surface area (Å²) in [4.78, 5) is 12.4. The lowest BCUT2D eigenvalue weighted by Crippen LogP contribution is -2.09. The summed E-state index contributed by atoms with van der Waals surface area (Å²) < 4.78 is 12.1. The maximum Gasteiger partial charge on any atom is 0.248 e. The highest BCUT2D eigenvalue weighted by Gasteiger charge is 2.13. The Bertz CT molecular complexity index is 1080. The zero-order valence-corrected chi connectivity index (χ0v) is 18.3. The molecular formula is C22H21Cl2N3O3. The van der Waals surface area contributed by atoms with Gasteiger partial charge >= 0.3 is 0 Å². The predicted molar refractivity (Wildman–Crippen MR) is 120 cm³/mol. The minimum atomic E-state index is -0.320. The summed E-state index contributed by atoms with van der Waals surface area (Å²) in [5.41, 5.74) is 2.96. The molecular weight excluding hydrogens is 425 g/mol. The number of nitrogens with zero attached hydrogens (tertiary/aromatic N) is 2. The highest BCUT2D eigenvalue weighted by atomic mass is 35.5. The molecule has 0 fully saturated rings. The van der Waals surface area contributed by atoms with Gasteiger partial charge in [-0.1, -0.05) is 35.3 Å². The average molecular weight is 446 g/mol. The van der Waals surface area contributed by atoms with Gasteiger partial charge in [0.25, 0.3) is 0 Å². The van der Waals surface area contributed by atoms with Gasteiger partial charge in [-0.15, -0.1) is 0 Å². The van der Waals surface area contributed by atoms with Gasteiger partial charge in [0, 0.05) is 22.7 Å². The zero-order valence-electron chi connectivity index (χ0n) is 16.8. The fourth-order valence-corrected chi connectivity index (χ4v) is 3.28. The Morgan fingerprint density at radius 1 is 1.13 bits per heavy atom. The number of amides is 1. The van der Waals surface area contributed by atoms with Crippen LogP contribution in [0.2, 0.25) is 10.2 Å². The first-order valence-electron chi connectivity index (χ1n) is 9.09. The Kier molecular flexibility index (Phi) is 7.03. The molecule has 2 aromatic carbocycles. The molecule has 6 nitrogen and oxygen atoms in total. The van der Waals surface area contributed by atoms with E-state index in [4.69, 9.17) is 32.7 Å². The van der Waals surface area contributed by atoms with E-state index >= 15 is 0 Å². The molecule has 156 valence electrons. The number of ether oxygens (including phenoxy) is 2. The molecule has 0 atom stereocenters. The first-order chi connectivity index (χ1) is 14.4. The van der Waals surface area contributed by atoms with Crippen molar-refractivity contribution in [3.63, 3.8) is 0 Å². The highest BCUT2D eigenvalue weighted by molar-refractivity contribution is 6.31. The highest BCUT2D eigenvalue weighted by Crippen LogP contribution is 2.29. The van der Waals surface area contributed by atoms with Crippen molar-refractivity contribution in [1.82, 2.24) is 9.78 Å². The summed E-state index contributed by atoms with van der Waals surface area (Å²) >= 11 is 12.4. The predicted octanol–water partition coefficient (Wildman–Crippen LogP) is 5.22. The molecule has 0 aliphatic rings. The van der Waals surface area contributed by atoms with Crippen LogP contribution in [0.3, 0.4) is 0 Å². The molecule has 0 bridgehead atoms. The maximum atomic E-state index is 12.4. The SMILES string of the molecule is COc1ccc(NC(=O)/C=C/c2c(C)nn(Cc3ccc(Cl)cc3)c2Cl)c(OC)c1. The topological polar surface area (TPSA) is 65.4 Å². The van der Waals surface area contributed by atoms with Crippen molar-refractivity contribution in [1.29, 1.82) is 0 Å². The van der Waals surface area contributed by atoms with Gasteiger partial charge in [-0.05, 0) is 42.8 Å². The number of nitrogens with one attached hydrogen (secondary N) is 1. The van der Waals surface area contributed by atoms with E-state index in [9.17, 15) is 4.79 Å². The molecule has 1 aromatic heterocycles. The monoisotopic (exact) mass is 445 g/mol. The number of hydrogen-bond donors (Lipinski definition) is 1. The van der Waals surface area contributed by atoms with Crippen molar-refractivity contribution < 1.29 is 14.3 Å². The van der Waals surface area contributed by atoms with Gasteiger partial charge in [-0.3, -0.25) is 4.79 Å². The lowest BCUT2D eigenvalue weighted by molar-refractivity contribution is -0.111. The summed E-state index contributed by atoms with van der Waals surface area (Å²) in [6.45, 7) is 2.34. The fourth-order valence-electron chi connectivity index (χ4n) is 2.86. The van der Waals surface area contributed by atoms with Crippen molar-refractivity contribution in [2.24, 2.45) is 0 Å². The first-order valence-corrected chi connectivity index (χ1v) is 9.85. The van der Waals surface area contributed by atoms with E-state index in [-0.39, 0.29) is 5.91 Å². The van der Waals surface area contributed by atoms with Crippen molar-refractivity contribution in [2.75, 3.05) is 19.5 Å². The molecule has 8 heteroatoms. The number of hydrogen-bond acceptors (Lipinski definition) is 4. The van der Waals surface area contributed by atoms with Crippen LogP contribution in [-0.2, 0) is 11.3 Å². The first kappa shape index (κ1) is 21.7. The largest absolute Gasteiger partial charge is 0.497 e. The minimum Gasteiger partial charge on any atom is -0.497 e. The van der Waals surface area contributed by atoms with Gasteiger partial charge < -0.3 is 14.8 Å². The van der Waals surface area contributed by atoms with E-state index < -0.39 is 0 Å². The van der Waals surface area contributed by atoms with E-state index in [0.717, 1.165) is 11.3 Å². The van der Waals surface area contributed by atoms with Crippen molar-refractivity contribution in [3.8, 4) is 11.5 Å². The number of halogens is 2. The van der Waals surface area contributed by atoms with Gasteiger partial charge in [-0.25, -0.2) is 4.68 Å². The number of rotatable bonds is 7. The molecule has 0 aliphatic heterocycles. The second-order valence-corrected chi connectivity index (χ2v) is 7.26. The number of aryl methyl sites for hydroxylation is 1. The molecule has 1 heterocycles. The Hall–Kier alpha value is -2.96. The summed E-state index contributed by atoms with van der Waals surface area (Å²) in [5, 5.41) is 8.38. The van der Waals surface area contributed by atoms with Gasteiger partial charge in [-0.2, -0.15) is 5.10 Å². The van der Waals surface area contributed by atoms with E-state index in [2.05, 4.69) is 10.4 Å². The Balaban J connectivity index is 1.73. The maximum absolute atomic E-state index is 12.4. The molecule has 0 radical (unpaired) electrons. The van der Waals surface area contributed by atoms with Crippen LogP contribution in [0.4, 0.5) is 5.69 Å². The number of carbonyl (C=O) groups is 1. The summed E-state index contributed by atoms with van der Waals surface area (Å²) in [6.07, 6.45) is 3.06. The molecule has 0 unspecified atom stereocenters.